The molecule has 2 nitrogen and oxygen atoms in total. The van der Waals surface area contributed by atoms with Gasteiger partial charge in [-0.3, -0.25) is 4.79 Å². The smallest absolute Gasteiger partial charge is 0.259 e. The van der Waals surface area contributed by atoms with Crippen molar-refractivity contribution in [1.82, 2.24) is 0 Å². The third-order valence-electron chi connectivity index (χ3n) is 2.85. The molecule has 17 heavy (non-hydrogen) atoms. The molecule has 0 unspecified atom stereocenters. The van der Waals surface area contributed by atoms with Crippen LogP contribution in [0, 0.1) is 6.92 Å². The normalized spacial score (nSPS) is 10.5. The van der Waals surface area contributed by atoms with Crippen molar-refractivity contribution in [2.24, 2.45) is 5.73 Å². The fourth-order valence-corrected chi connectivity index (χ4v) is 3.14. The first-order chi connectivity index (χ1) is 8.15. The van der Waals surface area contributed by atoms with Gasteiger partial charge in [-0.05, 0) is 24.5 Å². The highest BCUT2D eigenvalue weighted by atomic mass is 32.1. The van der Waals surface area contributed by atoms with Gasteiger partial charge in [-0.2, -0.15) is 0 Å². The molecule has 0 saturated carbocycles. The fraction of sp³-hybridized carbons (Fsp3) is 0.214. The maximum absolute atomic E-state index is 11.5. The molecule has 2 rings (SSSR count). The van der Waals surface area contributed by atoms with Gasteiger partial charge < -0.3 is 5.73 Å². The highest BCUT2D eigenvalue weighted by Crippen LogP contribution is 2.36. The van der Waals surface area contributed by atoms with Crippen molar-refractivity contribution in [2.45, 2.75) is 20.3 Å². The summed E-state index contributed by atoms with van der Waals surface area (Å²) in [5.41, 5.74) is 8.70. The van der Waals surface area contributed by atoms with Gasteiger partial charge in [-0.25, -0.2) is 0 Å². The zero-order valence-corrected chi connectivity index (χ0v) is 10.8. The van der Waals surface area contributed by atoms with E-state index in [9.17, 15) is 4.79 Å². The van der Waals surface area contributed by atoms with E-state index in [1.165, 1.54) is 21.8 Å². The first-order valence-electron chi connectivity index (χ1n) is 5.62. The molecule has 0 aliphatic heterocycles. The van der Waals surface area contributed by atoms with Crippen LogP contribution in [0.15, 0.2) is 30.3 Å². The molecule has 0 bridgehead atoms. The Morgan fingerprint density at radius 3 is 2.47 bits per heavy atom. The summed E-state index contributed by atoms with van der Waals surface area (Å²) in [7, 11) is 0. The van der Waals surface area contributed by atoms with E-state index < -0.39 is 0 Å². The van der Waals surface area contributed by atoms with Crippen LogP contribution in [-0.4, -0.2) is 5.91 Å². The summed E-state index contributed by atoms with van der Waals surface area (Å²) in [6.45, 7) is 4.16. The summed E-state index contributed by atoms with van der Waals surface area (Å²) in [5.74, 6) is -0.336. The number of aryl methyl sites for hydroxylation is 1. The molecule has 0 aliphatic rings. The van der Waals surface area contributed by atoms with Crippen LogP contribution < -0.4 is 5.73 Å². The van der Waals surface area contributed by atoms with Crippen molar-refractivity contribution in [2.75, 3.05) is 0 Å². The largest absolute Gasteiger partial charge is 0.365 e. The molecule has 0 atom stereocenters. The summed E-state index contributed by atoms with van der Waals surface area (Å²) in [5, 5.41) is 0. The van der Waals surface area contributed by atoms with Gasteiger partial charge in [-0.15, -0.1) is 11.3 Å². The van der Waals surface area contributed by atoms with Gasteiger partial charge in [0, 0.05) is 10.4 Å². The summed E-state index contributed by atoms with van der Waals surface area (Å²) >= 11 is 1.51. The van der Waals surface area contributed by atoms with Crippen LogP contribution in [0.1, 0.15) is 27.0 Å². The molecule has 2 N–H and O–H groups in total. The predicted molar refractivity (Wildman–Crippen MR) is 72.4 cm³/mol. The van der Waals surface area contributed by atoms with Gasteiger partial charge in [0.05, 0.1) is 4.88 Å². The Kier molecular flexibility index (Phi) is 3.29. The molecule has 0 aliphatic carbocycles. The second kappa shape index (κ2) is 4.72. The zero-order chi connectivity index (χ0) is 12.4. The number of hydrogen-bond acceptors (Lipinski definition) is 2. The van der Waals surface area contributed by atoms with Crippen LogP contribution in [0.3, 0.4) is 0 Å². The van der Waals surface area contributed by atoms with Crippen LogP contribution in [0.4, 0.5) is 0 Å². The number of nitrogens with two attached hydrogens (primary N) is 1. The number of primary amides is 1. The zero-order valence-electron chi connectivity index (χ0n) is 9.99. The first kappa shape index (κ1) is 11.9. The van der Waals surface area contributed by atoms with Crippen LogP contribution in [0.25, 0.3) is 11.1 Å². The lowest BCUT2D eigenvalue weighted by Gasteiger charge is -2.03. The summed E-state index contributed by atoms with van der Waals surface area (Å²) in [6, 6.07) is 9.95. The summed E-state index contributed by atoms with van der Waals surface area (Å²) < 4.78 is 0. The van der Waals surface area contributed by atoms with E-state index in [0.717, 1.165) is 17.5 Å². The molecule has 0 fully saturated rings. The minimum absolute atomic E-state index is 0.336. The highest BCUT2D eigenvalue weighted by Gasteiger charge is 2.18. The van der Waals surface area contributed by atoms with E-state index in [-0.39, 0.29) is 5.91 Å². The molecule has 1 aromatic heterocycles. The highest BCUT2D eigenvalue weighted by molar-refractivity contribution is 7.14. The number of carbonyl (C=O) groups excluding carboxylic acids is 1. The van der Waals surface area contributed by atoms with E-state index in [2.05, 4.69) is 13.8 Å². The summed E-state index contributed by atoms with van der Waals surface area (Å²) in [4.78, 5) is 13.4. The second-order valence-electron chi connectivity index (χ2n) is 3.94. The lowest BCUT2D eigenvalue weighted by atomic mass is 10.0. The van der Waals surface area contributed by atoms with Crippen molar-refractivity contribution in [3.63, 3.8) is 0 Å². The van der Waals surface area contributed by atoms with Crippen molar-refractivity contribution in [3.8, 4) is 11.1 Å². The molecule has 0 spiro atoms. The van der Waals surface area contributed by atoms with E-state index in [1.807, 2.05) is 30.3 Å². The average Bonchev–Trinajstić information content (AvgIpc) is 2.67. The molecule has 88 valence electrons. The number of thiophene rings is 1. The molecular formula is C14H15NOS. The lowest BCUT2D eigenvalue weighted by molar-refractivity contribution is 0.100. The molecule has 3 heteroatoms. The van der Waals surface area contributed by atoms with Gasteiger partial charge in [0.15, 0.2) is 0 Å². The Hall–Kier alpha value is -1.61. The minimum Gasteiger partial charge on any atom is -0.365 e. The van der Waals surface area contributed by atoms with Gasteiger partial charge in [0.2, 0.25) is 0 Å². The fourth-order valence-electron chi connectivity index (χ4n) is 2.02. The predicted octanol–water partition coefficient (Wildman–Crippen LogP) is 3.38. The molecule has 0 radical (unpaired) electrons. The molecule has 1 heterocycles. The monoisotopic (exact) mass is 245 g/mol. The molecule has 0 saturated heterocycles. The van der Waals surface area contributed by atoms with Gasteiger partial charge in [0.1, 0.15) is 0 Å². The Bertz CT molecular complexity index is 543. The van der Waals surface area contributed by atoms with E-state index in [4.69, 9.17) is 5.73 Å². The molecule has 2 aromatic rings. The van der Waals surface area contributed by atoms with Crippen molar-refractivity contribution in [3.05, 3.63) is 45.6 Å². The van der Waals surface area contributed by atoms with E-state index in [0.29, 0.717) is 4.88 Å². The second-order valence-corrected chi connectivity index (χ2v) is 5.04. The molecular weight excluding hydrogens is 230 g/mol. The third kappa shape index (κ3) is 2.11. The van der Waals surface area contributed by atoms with Gasteiger partial charge in [0.25, 0.3) is 5.91 Å². The molecule has 1 amide bonds. The number of rotatable bonds is 3. The Labute approximate surface area is 105 Å². The van der Waals surface area contributed by atoms with Crippen molar-refractivity contribution in [1.29, 1.82) is 0 Å². The molecule has 1 aromatic carbocycles. The maximum Gasteiger partial charge on any atom is 0.259 e. The maximum atomic E-state index is 11.5. The van der Waals surface area contributed by atoms with Gasteiger partial charge >= 0.3 is 0 Å². The first-order valence-corrected chi connectivity index (χ1v) is 6.44. The van der Waals surface area contributed by atoms with Gasteiger partial charge in [-0.1, -0.05) is 37.3 Å². The number of amides is 1. The SMILES string of the molecule is CCc1sc(C(N)=O)c(-c2ccccc2)c1C. The number of benzene rings is 1. The average molecular weight is 245 g/mol. The van der Waals surface area contributed by atoms with Crippen LogP contribution >= 0.6 is 11.3 Å². The van der Waals surface area contributed by atoms with Crippen LogP contribution in [0.2, 0.25) is 0 Å². The standard InChI is InChI=1S/C14H15NOS/c1-3-11-9(2)12(13(17-11)14(15)16)10-7-5-4-6-8-10/h4-8H,3H2,1-2H3,(H2,15,16). The topological polar surface area (TPSA) is 43.1 Å². The number of hydrogen-bond donors (Lipinski definition) is 1. The quantitative estimate of drug-likeness (QED) is 0.885. The van der Waals surface area contributed by atoms with E-state index in [1.54, 1.807) is 0 Å². The van der Waals surface area contributed by atoms with Crippen LogP contribution in [0.5, 0.6) is 0 Å². The summed E-state index contributed by atoms with van der Waals surface area (Å²) in [6.07, 6.45) is 0.934. The van der Waals surface area contributed by atoms with E-state index >= 15 is 0 Å². The lowest BCUT2D eigenvalue weighted by Crippen LogP contribution is -2.10. The minimum atomic E-state index is -0.336. The Balaban J connectivity index is 2.67. The van der Waals surface area contributed by atoms with Crippen LogP contribution in [-0.2, 0) is 6.42 Å². The number of carbonyl (C=O) groups is 1. The Morgan fingerprint density at radius 2 is 1.94 bits per heavy atom. The third-order valence-corrected chi connectivity index (χ3v) is 4.30. The van der Waals surface area contributed by atoms with Crippen molar-refractivity contribution < 1.29 is 4.79 Å². The Morgan fingerprint density at radius 1 is 1.29 bits per heavy atom. The van der Waals surface area contributed by atoms with Crippen molar-refractivity contribution >= 4 is 17.2 Å².